The molecule has 1 unspecified atom stereocenters. The Bertz CT molecular complexity index is 950. The summed E-state index contributed by atoms with van der Waals surface area (Å²) < 4.78 is 3.17. The topological polar surface area (TPSA) is 73.0 Å². The molecule has 0 spiro atoms. The minimum Gasteiger partial charge on any atom is -0.335 e. The van der Waals surface area contributed by atoms with Gasteiger partial charge in [-0.3, -0.25) is 14.3 Å². The van der Waals surface area contributed by atoms with E-state index in [0.29, 0.717) is 18.8 Å². The molecule has 0 N–H and O–H groups in total. The average Bonchev–Trinajstić information content (AvgIpc) is 3.23. The zero-order valence-corrected chi connectivity index (χ0v) is 14.2. The quantitative estimate of drug-likeness (QED) is 0.724. The molecule has 3 heterocycles. The van der Waals surface area contributed by atoms with Gasteiger partial charge in [0.05, 0.1) is 11.7 Å². The summed E-state index contributed by atoms with van der Waals surface area (Å²) in [6, 6.07) is 14.1. The van der Waals surface area contributed by atoms with Crippen LogP contribution in [0.5, 0.6) is 0 Å². The zero-order chi connectivity index (χ0) is 17.9. The number of hydrogen-bond acceptors (Lipinski definition) is 4. The van der Waals surface area contributed by atoms with E-state index in [9.17, 15) is 9.59 Å². The molecule has 0 radical (unpaired) electrons. The first-order valence-electron chi connectivity index (χ1n) is 8.66. The van der Waals surface area contributed by atoms with Crippen molar-refractivity contribution < 1.29 is 4.79 Å². The molecule has 2 aromatic heterocycles. The molecule has 7 heteroatoms. The van der Waals surface area contributed by atoms with Gasteiger partial charge in [0.1, 0.15) is 5.69 Å². The summed E-state index contributed by atoms with van der Waals surface area (Å²) in [5.41, 5.74) is 0.649. The van der Waals surface area contributed by atoms with Gasteiger partial charge in [-0.25, -0.2) is 0 Å². The third kappa shape index (κ3) is 3.15. The molecule has 132 valence electrons. The SMILES string of the molecule is O=C(c1ccc(=O)n(-c2ccccc2)n1)N1CCCC(n2cccn2)C1. The molecule has 4 rings (SSSR count). The van der Waals surface area contributed by atoms with Crippen molar-refractivity contribution in [1.29, 1.82) is 0 Å². The molecule has 26 heavy (non-hydrogen) atoms. The number of para-hydroxylation sites is 1. The molecule has 1 aliphatic heterocycles. The second-order valence-electron chi connectivity index (χ2n) is 6.34. The largest absolute Gasteiger partial charge is 0.335 e. The number of nitrogens with zero attached hydrogens (tertiary/aromatic N) is 5. The maximum Gasteiger partial charge on any atom is 0.274 e. The Hall–Kier alpha value is -3.22. The van der Waals surface area contributed by atoms with Crippen molar-refractivity contribution >= 4 is 5.91 Å². The van der Waals surface area contributed by atoms with Crippen LogP contribution in [0, 0.1) is 0 Å². The van der Waals surface area contributed by atoms with Crippen LogP contribution in [0.4, 0.5) is 0 Å². The molecule has 0 saturated carbocycles. The number of aromatic nitrogens is 4. The van der Waals surface area contributed by atoms with Gasteiger partial charge in [-0.05, 0) is 37.1 Å². The van der Waals surface area contributed by atoms with E-state index >= 15 is 0 Å². The second-order valence-corrected chi connectivity index (χ2v) is 6.34. The van der Waals surface area contributed by atoms with Gasteiger partial charge in [0.2, 0.25) is 0 Å². The van der Waals surface area contributed by atoms with Gasteiger partial charge in [0.25, 0.3) is 11.5 Å². The van der Waals surface area contributed by atoms with E-state index < -0.39 is 0 Å². The summed E-state index contributed by atoms with van der Waals surface area (Å²) >= 11 is 0. The summed E-state index contributed by atoms with van der Waals surface area (Å²) in [4.78, 5) is 26.9. The summed E-state index contributed by atoms with van der Waals surface area (Å²) in [5.74, 6) is -0.161. The first-order valence-corrected chi connectivity index (χ1v) is 8.66. The molecular weight excluding hydrogens is 330 g/mol. The highest BCUT2D eigenvalue weighted by Gasteiger charge is 2.26. The third-order valence-electron chi connectivity index (χ3n) is 4.60. The fourth-order valence-corrected chi connectivity index (χ4v) is 3.29. The number of carbonyl (C=O) groups excluding carboxylic acids is 1. The fourth-order valence-electron chi connectivity index (χ4n) is 3.29. The Morgan fingerprint density at radius 3 is 2.69 bits per heavy atom. The third-order valence-corrected chi connectivity index (χ3v) is 4.60. The number of hydrogen-bond donors (Lipinski definition) is 0. The lowest BCUT2D eigenvalue weighted by Crippen LogP contribution is -2.41. The van der Waals surface area contributed by atoms with Crippen LogP contribution >= 0.6 is 0 Å². The van der Waals surface area contributed by atoms with Gasteiger partial charge >= 0.3 is 0 Å². The lowest BCUT2D eigenvalue weighted by Gasteiger charge is -2.32. The molecule has 7 nitrogen and oxygen atoms in total. The van der Waals surface area contributed by atoms with Crippen molar-refractivity contribution in [2.24, 2.45) is 0 Å². The van der Waals surface area contributed by atoms with Gasteiger partial charge in [-0.1, -0.05) is 18.2 Å². The van der Waals surface area contributed by atoms with Crippen molar-refractivity contribution in [2.45, 2.75) is 18.9 Å². The van der Waals surface area contributed by atoms with Gasteiger partial charge in [-0.15, -0.1) is 0 Å². The van der Waals surface area contributed by atoms with Crippen molar-refractivity contribution in [2.75, 3.05) is 13.1 Å². The van der Waals surface area contributed by atoms with Gasteiger partial charge in [-0.2, -0.15) is 14.9 Å². The standard InChI is InChI=1S/C19H19N5O2/c25-18-10-9-17(21-24(18)15-6-2-1-3-7-15)19(26)22-12-4-8-16(14-22)23-13-5-11-20-23/h1-3,5-7,9-11,13,16H,4,8,12,14H2. The fraction of sp³-hybridized carbons (Fsp3) is 0.263. The summed E-state index contributed by atoms with van der Waals surface area (Å²) in [5, 5.41) is 8.59. The highest BCUT2D eigenvalue weighted by Crippen LogP contribution is 2.21. The van der Waals surface area contributed by atoms with E-state index in [4.69, 9.17) is 0 Å². The van der Waals surface area contributed by atoms with Crippen LogP contribution in [0.1, 0.15) is 29.4 Å². The molecule has 1 amide bonds. The van der Waals surface area contributed by atoms with Crippen molar-refractivity contribution in [1.82, 2.24) is 24.5 Å². The molecule has 1 atom stereocenters. The molecule has 0 bridgehead atoms. The van der Waals surface area contributed by atoms with Crippen molar-refractivity contribution in [3.63, 3.8) is 0 Å². The zero-order valence-electron chi connectivity index (χ0n) is 14.2. The second kappa shape index (κ2) is 6.95. The minimum atomic E-state index is -0.263. The lowest BCUT2D eigenvalue weighted by atomic mass is 10.1. The Balaban J connectivity index is 1.59. The number of rotatable bonds is 3. The molecule has 3 aromatic rings. The van der Waals surface area contributed by atoms with Crippen molar-refractivity contribution in [3.8, 4) is 5.69 Å². The van der Waals surface area contributed by atoms with Crippen LogP contribution in [-0.2, 0) is 0 Å². The number of carbonyl (C=O) groups is 1. The summed E-state index contributed by atoms with van der Waals surface area (Å²) in [6.07, 6.45) is 5.57. The van der Waals surface area contributed by atoms with Gasteiger partial charge in [0.15, 0.2) is 0 Å². The van der Waals surface area contributed by atoms with Crippen LogP contribution < -0.4 is 5.56 Å². The van der Waals surface area contributed by atoms with E-state index in [0.717, 1.165) is 12.8 Å². The molecule has 1 fully saturated rings. The predicted octanol–water partition coefficient (Wildman–Crippen LogP) is 1.91. The monoisotopic (exact) mass is 349 g/mol. The van der Waals surface area contributed by atoms with E-state index in [1.807, 2.05) is 35.1 Å². The van der Waals surface area contributed by atoms with Crippen LogP contribution in [0.3, 0.4) is 0 Å². The lowest BCUT2D eigenvalue weighted by molar-refractivity contribution is 0.0665. The van der Waals surface area contributed by atoms with E-state index in [1.54, 1.807) is 23.2 Å². The highest BCUT2D eigenvalue weighted by molar-refractivity contribution is 5.92. The Morgan fingerprint density at radius 2 is 1.92 bits per heavy atom. The smallest absolute Gasteiger partial charge is 0.274 e. The maximum atomic E-state index is 12.9. The maximum absolute atomic E-state index is 12.9. The molecule has 1 aliphatic rings. The van der Waals surface area contributed by atoms with Gasteiger partial charge in [0, 0.05) is 31.5 Å². The highest BCUT2D eigenvalue weighted by atomic mass is 16.2. The van der Waals surface area contributed by atoms with Crippen molar-refractivity contribution in [3.05, 3.63) is 77.0 Å². The van der Waals surface area contributed by atoms with Gasteiger partial charge < -0.3 is 4.90 Å². The normalized spacial score (nSPS) is 17.2. The minimum absolute atomic E-state index is 0.161. The summed E-state index contributed by atoms with van der Waals surface area (Å²) in [7, 11) is 0. The number of likely N-dealkylation sites (tertiary alicyclic amines) is 1. The molecular formula is C19H19N5O2. The van der Waals surface area contributed by atoms with Crippen LogP contribution in [-0.4, -0.2) is 43.5 Å². The number of amides is 1. The Morgan fingerprint density at radius 1 is 1.08 bits per heavy atom. The first kappa shape index (κ1) is 16.3. The average molecular weight is 349 g/mol. The first-order chi connectivity index (χ1) is 12.7. The molecule has 1 saturated heterocycles. The van der Waals surface area contributed by atoms with E-state index in [2.05, 4.69) is 10.2 Å². The number of benzene rings is 1. The molecule has 0 aliphatic carbocycles. The Kier molecular flexibility index (Phi) is 4.35. The Labute approximate surface area is 150 Å². The van der Waals surface area contributed by atoms with E-state index in [1.165, 1.54) is 16.8 Å². The number of piperidine rings is 1. The van der Waals surface area contributed by atoms with E-state index in [-0.39, 0.29) is 23.2 Å². The predicted molar refractivity (Wildman–Crippen MR) is 96.2 cm³/mol. The van der Waals surface area contributed by atoms with Crippen LogP contribution in [0.2, 0.25) is 0 Å². The van der Waals surface area contributed by atoms with Crippen LogP contribution in [0.15, 0.2) is 65.7 Å². The molecule has 1 aromatic carbocycles. The summed E-state index contributed by atoms with van der Waals surface area (Å²) in [6.45, 7) is 1.27. The van der Waals surface area contributed by atoms with Crippen LogP contribution in [0.25, 0.3) is 5.69 Å².